The molecule has 0 aromatic heterocycles. The minimum Gasteiger partial charge on any atom is -0.389 e. The summed E-state index contributed by atoms with van der Waals surface area (Å²) >= 11 is 5.02. The van der Waals surface area contributed by atoms with Gasteiger partial charge < -0.3 is 11.1 Å². The highest BCUT2D eigenvalue weighted by Crippen LogP contribution is 2.15. The van der Waals surface area contributed by atoms with Gasteiger partial charge >= 0.3 is 0 Å². The summed E-state index contributed by atoms with van der Waals surface area (Å²) in [5.74, 6) is -0.0773. The first kappa shape index (κ1) is 17.1. The second-order valence-electron chi connectivity index (χ2n) is 5.25. The average molecular weight is 327 g/mol. The highest BCUT2D eigenvalue weighted by Gasteiger charge is 2.12. The molecule has 0 saturated heterocycles. The van der Waals surface area contributed by atoms with Crippen LogP contribution in [-0.4, -0.2) is 28.9 Å². The van der Waals surface area contributed by atoms with Gasteiger partial charge in [-0.2, -0.15) is 0 Å². The molecule has 0 aliphatic rings. The van der Waals surface area contributed by atoms with E-state index < -0.39 is 0 Å². The number of thiocarbonyl (C=S) groups is 1. The summed E-state index contributed by atoms with van der Waals surface area (Å²) in [6.45, 7) is 3.89. The number of rotatable bonds is 7. The van der Waals surface area contributed by atoms with E-state index in [0.717, 1.165) is 13.1 Å². The molecule has 2 aromatic rings. The molecular formula is C18H21N3OS. The smallest absolute Gasteiger partial charge is 0.238 e. The average Bonchev–Trinajstić information content (AvgIpc) is 2.55. The van der Waals surface area contributed by atoms with Gasteiger partial charge in [-0.3, -0.25) is 9.69 Å². The maximum atomic E-state index is 12.3. The van der Waals surface area contributed by atoms with Crippen molar-refractivity contribution < 1.29 is 4.79 Å². The zero-order chi connectivity index (χ0) is 16.7. The number of anilines is 1. The van der Waals surface area contributed by atoms with Crippen LogP contribution in [0.3, 0.4) is 0 Å². The van der Waals surface area contributed by atoms with Crippen LogP contribution in [0.25, 0.3) is 0 Å². The Bertz CT molecular complexity index is 673. The van der Waals surface area contributed by atoms with Crippen LogP contribution in [0, 0.1) is 0 Å². The number of nitrogens with zero attached hydrogens (tertiary/aromatic N) is 1. The van der Waals surface area contributed by atoms with Crippen molar-refractivity contribution in [3.05, 3.63) is 65.7 Å². The van der Waals surface area contributed by atoms with E-state index in [4.69, 9.17) is 18.0 Å². The number of hydrogen-bond acceptors (Lipinski definition) is 3. The minimum absolute atomic E-state index is 0.0773. The van der Waals surface area contributed by atoms with Crippen molar-refractivity contribution in [3.63, 3.8) is 0 Å². The van der Waals surface area contributed by atoms with E-state index in [2.05, 4.69) is 22.3 Å². The summed E-state index contributed by atoms with van der Waals surface area (Å²) in [5.41, 5.74) is 8.21. The zero-order valence-corrected chi connectivity index (χ0v) is 14.0. The van der Waals surface area contributed by atoms with E-state index >= 15 is 0 Å². The van der Waals surface area contributed by atoms with Gasteiger partial charge in [0.25, 0.3) is 0 Å². The molecule has 0 spiro atoms. The molecule has 120 valence electrons. The van der Waals surface area contributed by atoms with Crippen LogP contribution in [0.1, 0.15) is 18.1 Å². The van der Waals surface area contributed by atoms with Crippen LogP contribution in [0.5, 0.6) is 0 Å². The molecule has 4 nitrogen and oxygen atoms in total. The number of likely N-dealkylation sites (N-methyl/N-ethyl adjacent to an activating group) is 1. The monoisotopic (exact) mass is 327 g/mol. The SMILES string of the molecule is CCN(CC(=O)Nc1ccccc1C(N)=S)Cc1ccccc1. The Kier molecular flexibility index (Phi) is 6.26. The predicted molar refractivity (Wildman–Crippen MR) is 98.4 cm³/mol. The van der Waals surface area contributed by atoms with Crippen molar-refractivity contribution in [1.82, 2.24) is 4.90 Å². The van der Waals surface area contributed by atoms with Crippen LogP contribution in [0.4, 0.5) is 5.69 Å². The van der Waals surface area contributed by atoms with Crippen LogP contribution in [0.15, 0.2) is 54.6 Å². The number of para-hydroxylation sites is 1. The van der Waals surface area contributed by atoms with E-state index in [9.17, 15) is 4.79 Å². The summed E-state index contributed by atoms with van der Waals surface area (Å²) in [7, 11) is 0. The van der Waals surface area contributed by atoms with Crippen molar-refractivity contribution in [2.24, 2.45) is 5.73 Å². The second-order valence-corrected chi connectivity index (χ2v) is 5.69. The molecule has 0 radical (unpaired) electrons. The number of amides is 1. The molecule has 0 atom stereocenters. The molecule has 0 aliphatic carbocycles. The highest BCUT2D eigenvalue weighted by atomic mass is 32.1. The van der Waals surface area contributed by atoms with Gasteiger partial charge in [0.15, 0.2) is 0 Å². The van der Waals surface area contributed by atoms with E-state index in [1.54, 1.807) is 12.1 Å². The van der Waals surface area contributed by atoms with Crippen molar-refractivity contribution >= 4 is 28.8 Å². The lowest BCUT2D eigenvalue weighted by Crippen LogP contribution is -2.33. The van der Waals surface area contributed by atoms with Crippen molar-refractivity contribution in [2.45, 2.75) is 13.5 Å². The molecule has 1 amide bonds. The normalized spacial score (nSPS) is 10.5. The predicted octanol–water partition coefficient (Wildman–Crippen LogP) is 2.78. The zero-order valence-electron chi connectivity index (χ0n) is 13.2. The van der Waals surface area contributed by atoms with E-state index in [1.807, 2.05) is 37.3 Å². The first-order valence-corrected chi connectivity index (χ1v) is 7.96. The van der Waals surface area contributed by atoms with Gasteiger partial charge in [-0.05, 0) is 24.2 Å². The molecule has 0 fully saturated rings. The fourth-order valence-electron chi connectivity index (χ4n) is 2.32. The Labute approximate surface area is 142 Å². The Balaban J connectivity index is 1.99. The van der Waals surface area contributed by atoms with Gasteiger partial charge in [-0.25, -0.2) is 0 Å². The Hall–Kier alpha value is -2.24. The van der Waals surface area contributed by atoms with Gasteiger partial charge in [0.05, 0.1) is 12.2 Å². The third-order valence-electron chi connectivity index (χ3n) is 3.53. The molecule has 0 bridgehead atoms. The largest absolute Gasteiger partial charge is 0.389 e. The molecular weight excluding hydrogens is 306 g/mol. The summed E-state index contributed by atoms with van der Waals surface area (Å²) in [4.78, 5) is 14.7. The quantitative estimate of drug-likeness (QED) is 0.768. The standard InChI is InChI=1S/C18H21N3OS/c1-2-21(12-14-8-4-3-5-9-14)13-17(22)20-16-11-7-6-10-15(16)18(19)23/h3-11H,2,12-13H2,1H3,(H2,19,23)(H,20,22). The lowest BCUT2D eigenvalue weighted by Gasteiger charge is -2.20. The first-order valence-electron chi connectivity index (χ1n) is 7.55. The number of hydrogen-bond donors (Lipinski definition) is 2. The van der Waals surface area contributed by atoms with E-state index in [-0.39, 0.29) is 10.9 Å². The van der Waals surface area contributed by atoms with E-state index in [1.165, 1.54) is 5.56 Å². The van der Waals surface area contributed by atoms with Crippen molar-refractivity contribution in [2.75, 3.05) is 18.4 Å². The molecule has 0 aliphatic heterocycles. The van der Waals surface area contributed by atoms with Crippen molar-refractivity contribution in [1.29, 1.82) is 0 Å². The van der Waals surface area contributed by atoms with Gasteiger partial charge in [-0.1, -0.05) is 61.6 Å². The maximum Gasteiger partial charge on any atom is 0.238 e. The number of nitrogens with two attached hydrogens (primary N) is 1. The summed E-state index contributed by atoms with van der Waals surface area (Å²) < 4.78 is 0. The van der Waals surface area contributed by atoms with Crippen molar-refractivity contribution in [3.8, 4) is 0 Å². The fourth-order valence-corrected chi connectivity index (χ4v) is 2.50. The molecule has 2 aromatic carbocycles. The van der Waals surface area contributed by atoms with Gasteiger partial charge in [0.1, 0.15) is 4.99 Å². The lowest BCUT2D eigenvalue weighted by atomic mass is 10.1. The van der Waals surface area contributed by atoms with Crippen LogP contribution < -0.4 is 11.1 Å². The van der Waals surface area contributed by atoms with Gasteiger partial charge in [0, 0.05) is 12.1 Å². The summed E-state index contributed by atoms with van der Waals surface area (Å²) in [6.07, 6.45) is 0. The first-order chi connectivity index (χ1) is 11.1. The van der Waals surface area contributed by atoms with Crippen LogP contribution in [-0.2, 0) is 11.3 Å². The molecule has 0 saturated carbocycles. The molecule has 3 N–H and O–H groups in total. The Morgan fingerprint density at radius 2 is 1.78 bits per heavy atom. The minimum atomic E-state index is -0.0773. The third kappa shape index (κ3) is 5.16. The van der Waals surface area contributed by atoms with Crippen LogP contribution >= 0.6 is 12.2 Å². The second kappa shape index (κ2) is 8.41. The molecule has 23 heavy (non-hydrogen) atoms. The van der Waals surface area contributed by atoms with Gasteiger partial charge in [-0.15, -0.1) is 0 Å². The summed E-state index contributed by atoms with van der Waals surface area (Å²) in [6, 6.07) is 17.4. The fraction of sp³-hybridized carbons (Fsp3) is 0.222. The number of nitrogens with one attached hydrogen (secondary N) is 1. The number of carbonyl (C=O) groups is 1. The molecule has 2 rings (SSSR count). The van der Waals surface area contributed by atoms with E-state index in [0.29, 0.717) is 17.8 Å². The highest BCUT2D eigenvalue weighted by molar-refractivity contribution is 7.80. The number of carbonyl (C=O) groups excluding carboxylic acids is 1. The molecule has 0 heterocycles. The van der Waals surface area contributed by atoms with Crippen LogP contribution in [0.2, 0.25) is 0 Å². The lowest BCUT2D eigenvalue weighted by molar-refractivity contribution is -0.117. The number of benzene rings is 2. The topological polar surface area (TPSA) is 58.4 Å². The maximum absolute atomic E-state index is 12.3. The van der Waals surface area contributed by atoms with Gasteiger partial charge in [0.2, 0.25) is 5.91 Å². The molecule has 0 unspecified atom stereocenters. The third-order valence-corrected chi connectivity index (χ3v) is 3.75. The summed E-state index contributed by atoms with van der Waals surface area (Å²) in [5, 5.41) is 2.89. The Morgan fingerprint density at radius 3 is 2.43 bits per heavy atom. The Morgan fingerprint density at radius 1 is 1.13 bits per heavy atom. The molecule has 5 heteroatoms.